The van der Waals surface area contributed by atoms with Crippen molar-refractivity contribution in [3.8, 4) is 0 Å². The van der Waals surface area contributed by atoms with Crippen LogP contribution in [0.3, 0.4) is 0 Å². The highest BCUT2D eigenvalue weighted by atomic mass is 16.4. The van der Waals surface area contributed by atoms with Crippen molar-refractivity contribution in [3.05, 3.63) is 71.8 Å². The Labute approximate surface area is 202 Å². The minimum absolute atomic E-state index is 0.0444. The molecule has 0 spiro atoms. The molecule has 0 heterocycles. The van der Waals surface area contributed by atoms with E-state index >= 15 is 0 Å². The Hall–Kier alpha value is -4.25. The summed E-state index contributed by atoms with van der Waals surface area (Å²) in [5, 5.41) is 16.0. The Kier molecular flexibility index (Phi) is 10.4. The van der Waals surface area contributed by atoms with Crippen molar-refractivity contribution < 1.29 is 29.1 Å². The summed E-state index contributed by atoms with van der Waals surface area (Å²) >= 11 is 0. The minimum Gasteiger partial charge on any atom is -0.480 e. The van der Waals surface area contributed by atoms with E-state index in [9.17, 15) is 24.0 Å². The summed E-state index contributed by atoms with van der Waals surface area (Å²) in [7, 11) is 0. The van der Waals surface area contributed by atoms with Crippen molar-refractivity contribution >= 4 is 29.6 Å². The summed E-state index contributed by atoms with van der Waals surface area (Å²) in [4.78, 5) is 60.6. The number of nitrogens with two attached hydrogens (primary N) is 2. The van der Waals surface area contributed by atoms with Gasteiger partial charge in [0, 0.05) is 6.42 Å². The van der Waals surface area contributed by atoms with E-state index in [1.807, 2.05) is 6.07 Å². The second-order valence-electron chi connectivity index (χ2n) is 7.89. The Bertz CT molecular complexity index is 1030. The van der Waals surface area contributed by atoms with Gasteiger partial charge < -0.3 is 32.5 Å². The summed E-state index contributed by atoms with van der Waals surface area (Å²) in [6.45, 7) is -0.643. The largest absolute Gasteiger partial charge is 0.480 e. The molecule has 0 radical (unpaired) electrons. The van der Waals surface area contributed by atoms with Gasteiger partial charge in [0.15, 0.2) is 0 Å². The minimum atomic E-state index is -1.38. The highest BCUT2D eigenvalue weighted by molar-refractivity contribution is 5.96. The zero-order valence-electron chi connectivity index (χ0n) is 19.0. The van der Waals surface area contributed by atoms with E-state index in [1.54, 1.807) is 54.6 Å². The summed E-state index contributed by atoms with van der Waals surface area (Å²) in [6.07, 6.45) is -0.279. The van der Waals surface area contributed by atoms with Crippen LogP contribution in [0.2, 0.25) is 0 Å². The maximum absolute atomic E-state index is 13.0. The van der Waals surface area contributed by atoms with E-state index in [2.05, 4.69) is 16.0 Å². The number of carboxylic acid groups (broad SMARTS) is 1. The number of carbonyl (C=O) groups is 5. The molecule has 3 unspecified atom stereocenters. The Morgan fingerprint density at radius 1 is 0.743 bits per heavy atom. The molecule has 35 heavy (non-hydrogen) atoms. The lowest BCUT2D eigenvalue weighted by Gasteiger charge is -2.23. The molecule has 2 aromatic carbocycles. The molecule has 3 atom stereocenters. The van der Waals surface area contributed by atoms with Gasteiger partial charge in [-0.3, -0.25) is 24.0 Å². The second kappa shape index (κ2) is 13.5. The average molecular weight is 484 g/mol. The molecular weight excluding hydrogens is 454 g/mol. The molecule has 0 bridgehead atoms. The molecule has 0 saturated carbocycles. The number of aliphatic carboxylic acids is 1. The van der Waals surface area contributed by atoms with Gasteiger partial charge in [-0.25, -0.2) is 0 Å². The number of carbonyl (C=O) groups excluding carboxylic acids is 4. The van der Waals surface area contributed by atoms with Gasteiger partial charge in [0.05, 0.1) is 12.5 Å². The lowest BCUT2D eigenvalue weighted by Crippen LogP contribution is -2.57. The first-order valence-electron chi connectivity index (χ1n) is 10.9. The number of hydrogen-bond acceptors (Lipinski definition) is 6. The third-order valence-electron chi connectivity index (χ3n) is 5.00. The zero-order valence-corrected chi connectivity index (χ0v) is 19.0. The third-order valence-corrected chi connectivity index (χ3v) is 5.00. The molecule has 0 aromatic heterocycles. The molecule has 0 aliphatic rings. The highest BCUT2D eigenvalue weighted by Crippen LogP contribution is 2.06. The number of benzene rings is 2. The van der Waals surface area contributed by atoms with Crippen LogP contribution in [0.5, 0.6) is 0 Å². The standard InChI is InChI=1S/C24H29N5O6/c25-17(11-15-7-3-1-4-8-15)22(33)28-19(13-20(26)30)24(35)29-18(23(34)27-14-21(31)32)12-16-9-5-2-6-10-16/h1-10,17-19H,11-14,25H2,(H2,26,30)(H,27,34)(H,28,33)(H,29,35)(H,31,32). The molecule has 0 fully saturated rings. The van der Waals surface area contributed by atoms with Crippen LogP contribution in [0.1, 0.15) is 17.5 Å². The normalized spacial score (nSPS) is 13.1. The van der Waals surface area contributed by atoms with Crippen molar-refractivity contribution in [2.75, 3.05) is 6.54 Å². The number of rotatable bonds is 13. The zero-order chi connectivity index (χ0) is 25.8. The number of nitrogens with one attached hydrogen (secondary N) is 3. The van der Waals surface area contributed by atoms with Crippen LogP contribution in [-0.2, 0) is 36.8 Å². The first kappa shape index (κ1) is 27.0. The Morgan fingerprint density at radius 2 is 1.26 bits per heavy atom. The predicted molar refractivity (Wildman–Crippen MR) is 127 cm³/mol. The van der Waals surface area contributed by atoms with Crippen LogP contribution < -0.4 is 27.4 Å². The van der Waals surface area contributed by atoms with E-state index < -0.39 is 60.7 Å². The third kappa shape index (κ3) is 9.64. The van der Waals surface area contributed by atoms with E-state index in [-0.39, 0.29) is 12.8 Å². The topological polar surface area (TPSA) is 194 Å². The first-order chi connectivity index (χ1) is 16.7. The van der Waals surface area contributed by atoms with Crippen LogP contribution in [0.25, 0.3) is 0 Å². The number of amides is 4. The second-order valence-corrected chi connectivity index (χ2v) is 7.89. The molecule has 8 N–H and O–H groups in total. The van der Waals surface area contributed by atoms with Gasteiger partial charge in [-0.05, 0) is 17.5 Å². The number of primary amides is 1. The van der Waals surface area contributed by atoms with Crippen molar-refractivity contribution in [2.24, 2.45) is 11.5 Å². The van der Waals surface area contributed by atoms with Gasteiger partial charge >= 0.3 is 5.97 Å². The lowest BCUT2D eigenvalue weighted by molar-refractivity contribution is -0.138. The highest BCUT2D eigenvalue weighted by Gasteiger charge is 2.29. The molecule has 11 heteroatoms. The lowest BCUT2D eigenvalue weighted by atomic mass is 10.0. The van der Waals surface area contributed by atoms with Crippen LogP contribution >= 0.6 is 0 Å². The fourth-order valence-corrected chi connectivity index (χ4v) is 3.27. The summed E-state index contributed by atoms with van der Waals surface area (Å²) < 4.78 is 0. The SMILES string of the molecule is NC(=O)CC(NC(=O)C(N)Cc1ccccc1)C(=O)NC(Cc1ccccc1)C(=O)NCC(=O)O. The van der Waals surface area contributed by atoms with E-state index in [0.717, 1.165) is 5.56 Å². The first-order valence-corrected chi connectivity index (χ1v) is 10.9. The van der Waals surface area contributed by atoms with Gasteiger partial charge in [-0.15, -0.1) is 0 Å². The molecule has 0 aliphatic carbocycles. The fourth-order valence-electron chi connectivity index (χ4n) is 3.27. The van der Waals surface area contributed by atoms with E-state index in [0.29, 0.717) is 5.56 Å². The van der Waals surface area contributed by atoms with Gasteiger partial charge in [-0.1, -0.05) is 60.7 Å². The quantitative estimate of drug-likeness (QED) is 0.207. The van der Waals surface area contributed by atoms with E-state index in [1.165, 1.54) is 0 Å². The summed E-state index contributed by atoms with van der Waals surface area (Å²) in [6, 6.07) is 14.2. The van der Waals surface area contributed by atoms with Crippen molar-refractivity contribution in [2.45, 2.75) is 37.4 Å². The van der Waals surface area contributed by atoms with Crippen molar-refractivity contribution in [1.82, 2.24) is 16.0 Å². The van der Waals surface area contributed by atoms with Gasteiger partial charge in [-0.2, -0.15) is 0 Å². The molecule has 2 aromatic rings. The van der Waals surface area contributed by atoms with Crippen LogP contribution in [0.4, 0.5) is 0 Å². The maximum atomic E-state index is 13.0. The molecule has 186 valence electrons. The van der Waals surface area contributed by atoms with Crippen molar-refractivity contribution in [1.29, 1.82) is 0 Å². The maximum Gasteiger partial charge on any atom is 0.322 e. The Balaban J connectivity index is 2.12. The summed E-state index contributed by atoms with van der Waals surface area (Å²) in [5.41, 5.74) is 12.7. The molecule has 11 nitrogen and oxygen atoms in total. The van der Waals surface area contributed by atoms with Crippen molar-refractivity contribution in [3.63, 3.8) is 0 Å². The van der Waals surface area contributed by atoms with Gasteiger partial charge in [0.1, 0.15) is 18.6 Å². The molecule has 4 amide bonds. The van der Waals surface area contributed by atoms with Crippen LogP contribution in [0.15, 0.2) is 60.7 Å². The number of carboxylic acids is 1. The molecule has 0 saturated heterocycles. The average Bonchev–Trinajstić information content (AvgIpc) is 2.82. The monoisotopic (exact) mass is 483 g/mol. The Morgan fingerprint density at radius 3 is 1.77 bits per heavy atom. The van der Waals surface area contributed by atoms with Gasteiger partial charge in [0.2, 0.25) is 23.6 Å². The van der Waals surface area contributed by atoms with Crippen LogP contribution in [0, 0.1) is 0 Å². The molecule has 2 rings (SSSR count). The van der Waals surface area contributed by atoms with Gasteiger partial charge in [0.25, 0.3) is 0 Å². The fraction of sp³-hybridized carbons (Fsp3) is 0.292. The number of hydrogen-bond donors (Lipinski definition) is 6. The summed E-state index contributed by atoms with van der Waals surface area (Å²) in [5.74, 6) is -4.36. The van der Waals surface area contributed by atoms with E-state index in [4.69, 9.17) is 16.6 Å². The predicted octanol–water partition coefficient (Wildman–Crippen LogP) is -1.16. The smallest absolute Gasteiger partial charge is 0.322 e. The van der Waals surface area contributed by atoms with Crippen LogP contribution in [-0.4, -0.2) is 59.4 Å². The molecule has 0 aliphatic heterocycles. The molecular formula is C24H29N5O6.